The summed E-state index contributed by atoms with van der Waals surface area (Å²) in [4.78, 5) is 23.2. The van der Waals surface area contributed by atoms with E-state index in [0.29, 0.717) is 19.8 Å². The van der Waals surface area contributed by atoms with Gasteiger partial charge in [0.25, 0.3) is 0 Å². The Morgan fingerprint density at radius 3 is 2.62 bits per heavy atom. The van der Waals surface area contributed by atoms with Crippen molar-refractivity contribution < 1.29 is 24.2 Å². The lowest BCUT2D eigenvalue weighted by molar-refractivity contribution is -0.139. The predicted octanol–water partition coefficient (Wildman–Crippen LogP) is -0.497. The van der Waals surface area contributed by atoms with Crippen LogP contribution in [0.25, 0.3) is 0 Å². The van der Waals surface area contributed by atoms with Crippen molar-refractivity contribution >= 4 is 11.9 Å². The lowest BCUT2D eigenvalue weighted by Gasteiger charge is -2.25. The van der Waals surface area contributed by atoms with E-state index in [1.54, 1.807) is 0 Å². The lowest BCUT2D eigenvalue weighted by Crippen LogP contribution is -2.38. The summed E-state index contributed by atoms with van der Waals surface area (Å²) in [6.45, 7) is 3.99. The van der Waals surface area contributed by atoms with Crippen LogP contribution in [0.1, 0.15) is 0 Å². The van der Waals surface area contributed by atoms with Gasteiger partial charge in [0.15, 0.2) is 0 Å². The average Bonchev–Trinajstić information content (AvgIpc) is 2.28. The van der Waals surface area contributed by atoms with Gasteiger partial charge in [-0.25, -0.2) is 9.59 Å². The minimum atomic E-state index is -1.16. The maximum atomic E-state index is 11.0. The molecule has 1 aliphatic rings. The van der Waals surface area contributed by atoms with Gasteiger partial charge in [0, 0.05) is 31.8 Å². The van der Waals surface area contributed by atoms with Gasteiger partial charge in [-0.05, 0) is 0 Å². The largest absolute Gasteiger partial charge is 0.478 e. The molecule has 0 saturated carbocycles. The monoisotopic (exact) mass is 229 g/mol. The van der Waals surface area contributed by atoms with E-state index >= 15 is 0 Å². The zero-order valence-electron chi connectivity index (χ0n) is 8.92. The van der Waals surface area contributed by atoms with Crippen molar-refractivity contribution in [3.8, 4) is 0 Å². The van der Waals surface area contributed by atoms with Crippen LogP contribution in [0.5, 0.6) is 0 Å². The van der Waals surface area contributed by atoms with Gasteiger partial charge in [-0.15, -0.1) is 0 Å². The van der Waals surface area contributed by atoms with Gasteiger partial charge >= 0.3 is 11.9 Å². The van der Waals surface area contributed by atoms with Gasteiger partial charge in [-0.3, -0.25) is 4.90 Å². The summed E-state index contributed by atoms with van der Waals surface area (Å²) < 4.78 is 9.99. The van der Waals surface area contributed by atoms with Gasteiger partial charge in [0.2, 0.25) is 0 Å². The molecule has 0 radical (unpaired) electrons. The Bertz CT molecular complexity index is 270. The minimum absolute atomic E-state index is 0.267. The second-order valence-electron chi connectivity index (χ2n) is 3.29. The van der Waals surface area contributed by atoms with Crippen LogP contribution < -0.4 is 0 Å². The molecule has 1 N–H and O–H groups in total. The molecule has 0 unspecified atom stereocenters. The van der Waals surface area contributed by atoms with Gasteiger partial charge in [0.05, 0.1) is 13.2 Å². The topological polar surface area (TPSA) is 76.1 Å². The number of ether oxygens (including phenoxy) is 2. The average molecular weight is 229 g/mol. The Balaban J connectivity index is 2.09. The maximum Gasteiger partial charge on any atom is 0.331 e. The van der Waals surface area contributed by atoms with E-state index in [4.69, 9.17) is 14.6 Å². The minimum Gasteiger partial charge on any atom is -0.478 e. The Hall–Kier alpha value is -1.40. The highest BCUT2D eigenvalue weighted by atomic mass is 16.5. The van der Waals surface area contributed by atoms with E-state index in [1.807, 2.05) is 0 Å². The Labute approximate surface area is 93.4 Å². The number of nitrogens with zero attached hydrogens (tertiary/aromatic N) is 1. The molecule has 1 heterocycles. The summed E-state index contributed by atoms with van der Waals surface area (Å²) >= 11 is 0. The van der Waals surface area contributed by atoms with Gasteiger partial charge < -0.3 is 14.6 Å². The summed E-state index contributed by atoms with van der Waals surface area (Å²) in [5, 5.41) is 8.27. The first kappa shape index (κ1) is 12.7. The molecular formula is C10H15NO5. The van der Waals surface area contributed by atoms with Gasteiger partial charge in [-0.2, -0.15) is 0 Å². The number of rotatable bonds is 5. The van der Waals surface area contributed by atoms with Crippen molar-refractivity contribution in [2.24, 2.45) is 0 Å². The number of carbonyl (C=O) groups excluding carboxylic acids is 1. The molecule has 0 aromatic heterocycles. The first-order valence-electron chi connectivity index (χ1n) is 5.06. The zero-order valence-corrected chi connectivity index (χ0v) is 8.92. The first-order chi connectivity index (χ1) is 7.68. The molecule has 0 aliphatic carbocycles. The van der Waals surface area contributed by atoms with Crippen molar-refractivity contribution in [1.29, 1.82) is 0 Å². The quantitative estimate of drug-likeness (QED) is 0.506. The Morgan fingerprint density at radius 1 is 1.31 bits per heavy atom. The number of morpholine rings is 1. The van der Waals surface area contributed by atoms with Crippen molar-refractivity contribution in [3.05, 3.63) is 12.2 Å². The van der Waals surface area contributed by atoms with Crippen LogP contribution in [0.15, 0.2) is 12.2 Å². The fraction of sp³-hybridized carbons (Fsp3) is 0.600. The molecule has 0 atom stereocenters. The molecule has 0 aromatic rings. The normalized spacial score (nSPS) is 17.5. The van der Waals surface area contributed by atoms with Crippen molar-refractivity contribution in [1.82, 2.24) is 4.90 Å². The molecule has 6 heteroatoms. The number of hydrogen-bond acceptors (Lipinski definition) is 5. The van der Waals surface area contributed by atoms with Crippen LogP contribution in [0.2, 0.25) is 0 Å². The smallest absolute Gasteiger partial charge is 0.331 e. The zero-order chi connectivity index (χ0) is 11.8. The summed E-state index contributed by atoms with van der Waals surface area (Å²) in [6, 6.07) is 0. The number of hydrogen-bond donors (Lipinski definition) is 1. The number of carboxylic acids is 1. The van der Waals surface area contributed by atoms with Crippen LogP contribution in [-0.2, 0) is 19.1 Å². The van der Waals surface area contributed by atoms with Crippen LogP contribution in [0, 0.1) is 0 Å². The van der Waals surface area contributed by atoms with Gasteiger partial charge in [-0.1, -0.05) is 0 Å². The molecule has 0 spiro atoms. The Kier molecular flexibility index (Phi) is 5.52. The molecule has 1 fully saturated rings. The van der Waals surface area contributed by atoms with E-state index in [-0.39, 0.29) is 6.61 Å². The summed E-state index contributed by atoms with van der Waals surface area (Å²) in [5.41, 5.74) is 0. The predicted molar refractivity (Wildman–Crippen MR) is 55.0 cm³/mol. The molecule has 0 aromatic carbocycles. The maximum absolute atomic E-state index is 11.0. The molecule has 1 aliphatic heterocycles. The van der Waals surface area contributed by atoms with Crippen LogP contribution in [0.3, 0.4) is 0 Å². The highest BCUT2D eigenvalue weighted by molar-refractivity contribution is 5.90. The summed E-state index contributed by atoms with van der Waals surface area (Å²) in [6.07, 6.45) is 1.67. The summed E-state index contributed by atoms with van der Waals surface area (Å²) in [7, 11) is 0. The molecule has 1 saturated heterocycles. The third-order valence-electron chi connectivity index (χ3n) is 2.12. The molecular weight excluding hydrogens is 214 g/mol. The molecule has 16 heavy (non-hydrogen) atoms. The standard InChI is InChI=1S/C10H15NO5/c12-9(13)1-2-10(14)16-8-5-11-3-6-15-7-4-11/h1-2H,3-8H2,(H,12,13)/b2-1+. The van der Waals surface area contributed by atoms with Crippen LogP contribution >= 0.6 is 0 Å². The van der Waals surface area contributed by atoms with Crippen molar-refractivity contribution in [3.63, 3.8) is 0 Å². The number of carbonyl (C=O) groups is 2. The number of carboxylic acid groups (broad SMARTS) is 1. The number of esters is 1. The molecule has 90 valence electrons. The van der Waals surface area contributed by atoms with Crippen molar-refractivity contribution in [2.45, 2.75) is 0 Å². The van der Waals surface area contributed by atoms with E-state index in [0.717, 1.165) is 25.2 Å². The molecule has 1 rings (SSSR count). The first-order valence-corrected chi connectivity index (χ1v) is 5.06. The van der Waals surface area contributed by atoms with Gasteiger partial charge in [0.1, 0.15) is 6.61 Å². The molecule has 0 bridgehead atoms. The Morgan fingerprint density at radius 2 is 2.00 bits per heavy atom. The second kappa shape index (κ2) is 6.97. The number of aliphatic carboxylic acids is 1. The van der Waals surface area contributed by atoms with E-state index in [2.05, 4.69) is 4.90 Å². The highest BCUT2D eigenvalue weighted by Crippen LogP contribution is 1.96. The third-order valence-corrected chi connectivity index (χ3v) is 2.12. The molecule has 6 nitrogen and oxygen atoms in total. The third kappa shape index (κ3) is 5.47. The van der Waals surface area contributed by atoms with E-state index in [1.165, 1.54) is 0 Å². The summed E-state index contributed by atoms with van der Waals surface area (Å²) in [5.74, 6) is -1.79. The van der Waals surface area contributed by atoms with Crippen molar-refractivity contribution in [2.75, 3.05) is 39.5 Å². The highest BCUT2D eigenvalue weighted by Gasteiger charge is 2.10. The fourth-order valence-electron chi connectivity index (χ4n) is 1.29. The SMILES string of the molecule is O=C(O)/C=C/C(=O)OCCN1CCOCC1. The van der Waals surface area contributed by atoms with E-state index < -0.39 is 11.9 Å². The lowest BCUT2D eigenvalue weighted by atomic mass is 10.4. The fourth-order valence-corrected chi connectivity index (χ4v) is 1.29. The van der Waals surface area contributed by atoms with E-state index in [9.17, 15) is 9.59 Å². The van der Waals surface area contributed by atoms with Crippen LogP contribution in [-0.4, -0.2) is 61.4 Å². The van der Waals surface area contributed by atoms with Crippen LogP contribution in [0.4, 0.5) is 0 Å². The second-order valence-corrected chi connectivity index (χ2v) is 3.29. The molecule has 0 amide bonds.